The van der Waals surface area contributed by atoms with Crippen molar-refractivity contribution in [1.29, 1.82) is 0 Å². The highest BCUT2D eigenvalue weighted by atomic mass is 16.3. The predicted molar refractivity (Wildman–Crippen MR) is 335 cm³/mol. The number of furan rings is 2. The van der Waals surface area contributed by atoms with Gasteiger partial charge in [-0.15, -0.1) is 0 Å². The number of para-hydroxylation sites is 1. The van der Waals surface area contributed by atoms with Crippen LogP contribution in [0.1, 0.15) is 130 Å². The number of fused-ring (bicyclic) bond motifs is 13. The molecule has 2 aliphatic heterocycles. The summed E-state index contributed by atoms with van der Waals surface area (Å²) in [6, 6.07) is 64.8. The normalized spacial score (nSPS) is 17.4. The van der Waals surface area contributed by atoms with E-state index in [2.05, 4.69) is 256 Å². The molecule has 0 saturated carbocycles. The number of hydrogen-bond acceptors (Lipinski definition) is 4. The summed E-state index contributed by atoms with van der Waals surface area (Å²) in [5.41, 5.74) is 26.3. The van der Waals surface area contributed by atoms with Crippen LogP contribution in [0.2, 0.25) is 0 Å². The zero-order valence-corrected chi connectivity index (χ0v) is 47.8. The van der Waals surface area contributed by atoms with Gasteiger partial charge < -0.3 is 18.6 Å². The van der Waals surface area contributed by atoms with Crippen LogP contribution in [0, 0.1) is 0 Å². The second kappa shape index (κ2) is 16.4. The number of anilines is 6. The summed E-state index contributed by atoms with van der Waals surface area (Å²) in [5, 5.41) is 4.60. The molecule has 0 atom stereocenters. The number of hydrogen-bond donors (Lipinski definition) is 0. The van der Waals surface area contributed by atoms with Gasteiger partial charge in [-0.3, -0.25) is 0 Å². The highest BCUT2D eigenvalue weighted by Gasteiger charge is 2.48. The molecule has 2 aliphatic carbocycles. The van der Waals surface area contributed by atoms with Crippen LogP contribution >= 0.6 is 0 Å². The molecule has 0 fully saturated rings. The summed E-state index contributed by atoms with van der Waals surface area (Å²) >= 11 is 0. The zero-order valence-electron chi connectivity index (χ0n) is 47.8. The third-order valence-corrected chi connectivity index (χ3v) is 19.5. The van der Waals surface area contributed by atoms with Crippen LogP contribution < -0.4 is 26.2 Å². The molecule has 0 spiro atoms. The van der Waals surface area contributed by atoms with E-state index in [1.165, 1.54) is 100.0 Å². The maximum atomic E-state index is 7.28. The third-order valence-electron chi connectivity index (χ3n) is 19.5. The first-order valence-electron chi connectivity index (χ1n) is 28.9. The average molecular weight is 1030 g/mol. The Morgan fingerprint density at radius 1 is 0.405 bits per heavy atom. The first-order valence-corrected chi connectivity index (χ1v) is 28.9. The van der Waals surface area contributed by atoms with E-state index >= 15 is 0 Å². The van der Waals surface area contributed by atoms with Crippen molar-refractivity contribution < 1.29 is 8.83 Å². The van der Waals surface area contributed by atoms with Gasteiger partial charge >= 0.3 is 0 Å². The fraction of sp³-hybridized carbons (Fsp3) is 0.270. The van der Waals surface area contributed by atoms with Gasteiger partial charge in [-0.25, -0.2) is 0 Å². The van der Waals surface area contributed by atoms with E-state index in [1.807, 2.05) is 0 Å². The standard InChI is InChI=1S/C74H69BN2O2/c1-70(2,3)47-26-29-59(50(38-47)45-22-16-13-17-23-45)77-62-37-46(44-20-14-12-15-21-44)36-61-68(62)75(57-28-31-65-67(69(57)77)52-40-53-56(43-66(52)79-65)74(10,11)35-32-71(53,4)5)58-41-54-55(73(8,9)34-33-72(54,6)7)42-60(58)76(61)48-27-30-64-51(39-48)49-24-18-19-25-63(49)78-64/h12-31,36-43H,32-35H2,1-11H3. The summed E-state index contributed by atoms with van der Waals surface area (Å²) in [6.45, 7) is 26.5. The van der Waals surface area contributed by atoms with Crippen LogP contribution in [0.3, 0.4) is 0 Å². The highest BCUT2D eigenvalue weighted by Crippen LogP contribution is 2.55. The van der Waals surface area contributed by atoms with Gasteiger partial charge in [-0.05, 0) is 186 Å². The quantitative estimate of drug-likeness (QED) is 0.165. The Kier molecular flexibility index (Phi) is 10.1. The van der Waals surface area contributed by atoms with Crippen molar-refractivity contribution in [3.05, 3.63) is 198 Å². The highest BCUT2D eigenvalue weighted by molar-refractivity contribution is 7.00. The summed E-state index contributed by atoms with van der Waals surface area (Å²) in [7, 11) is 0. The summed E-state index contributed by atoms with van der Waals surface area (Å²) in [6.07, 6.45) is 4.52. The molecular weight excluding hydrogens is 960 g/mol. The molecule has 0 radical (unpaired) electrons. The molecule has 0 bridgehead atoms. The van der Waals surface area contributed by atoms with Gasteiger partial charge in [-0.2, -0.15) is 0 Å². The Morgan fingerprint density at radius 3 is 1.66 bits per heavy atom. The van der Waals surface area contributed by atoms with Crippen molar-refractivity contribution in [2.24, 2.45) is 0 Å². The summed E-state index contributed by atoms with van der Waals surface area (Å²) < 4.78 is 13.8. The Morgan fingerprint density at radius 2 is 0.975 bits per heavy atom. The molecule has 4 heterocycles. The van der Waals surface area contributed by atoms with E-state index in [1.54, 1.807) is 0 Å². The van der Waals surface area contributed by atoms with Crippen LogP contribution in [-0.4, -0.2) is 6.71 Å². The summed E-state index contributed by atoms with van der Waals surface area (Å²) in [5.74, 6) is 0. The van der Waals surface area contributed by atoms with E-state index in [0.29, 0.717) is 0 Å². The molecule has 0 N–H and O–H groups in total. The first-order chi connectivity index (χ1) is 37.8. The van der Waals surface area contributed by atoms with Crippen molar-refractivity contribution in [2.75, 3.05) is 9.80 Å². The van der Waals surface area contributed by atoms with Crippen molar-refractivity contribution in [3.63, 3.8) is 0 Å². The minimum atomic E-state index is -0.117. The lowest BCUT2D eigenvalue weighted by molar-refractivity contribution is 0.332. The molecule has 11 aromatic rings. The lowest BCUT2D eigenvalue weighted by Crippen LogP contribution is -2.62. The van der Waals surface area contributed by atoms with Crippen molar-refractivity contribution in [3.8, 4) is 22.3 Å². The largest absolute Gasteiger partial charge is 0.456 e. The molecular formula is C74H69BN2O2. The number of benzene rings is 9. The van der Waals surface area contributed by atoms with Crippen LogP contribution in [0.25, 0.3) is 66.1 Å². The molecule has 15 rings (SSSR count). The Balaban J connectivity index is 1.13. The van der Waals surface area contributed by atoms with Crippen LogP contribution in [0.4, 0.5) is 34.1 Å². The molecule has 2 aromatic heterocycles. The second-order valence-electron chi connectivity index (χ2n) is 27.4. The van der Waals surface area contributed by atoms with Gasteiger partial charge in [-0.1, -0.05) is 173 Å². The Bertz CT molecular complexity index is 4370. The van der Waals surface area contributed by atoms with Gasteiger partial charge in [0.05, 0.1) is 16.8 Å². The van der Waals surface area contributed by atoms with Crippen molar-refractivity contribution in [1.82, 2.24) is 0 Å². The van der Waals surface area contributed by atoms with Gasteiger partial charge in [0.1, 0.15) is 22.3 Å². The first kappa shape index (κ1) is 48.4. The maximum absolute atomic E-state index is 7.28. The molecule has 0 saturated heterocycles. The minimum absolute atomic E-state index is 0.00369. The zero-order chi connectivity index (χ0) is 54.3. The molecule has 79 heavy (non-hydrogen) atoms. The van der Waals surface area contributed by atoms with Crippen molar-refractivity contribution >= 4 is 101 Å². The molecule has 4 nitrogen and oxygen atoms in total. The van der Waals surface area contributed by atoms with E-state index in [-0.39, 0.29) is 33.8 Å². The molecule has 5 heteroatoms. The Hall–Kier alpha value is -7.76. The Labute approximate surface area is 466 Å². The second-order valence-corrected chi connectivity index (χ2v) is 27.4. The molecule has 390 valence electrons. The van der Waals surface area contributed by atoms with Crippen LogP contribution in [0.5, 0.6) is 0 Å². The van der Waals surface area contributed by atoms with E-state index in [9.17, 15) is 0 Å². The van der Waals surface area contributed by atoms with Gasteiger partial charge in [0.15, 0.2) is 0 Å². The maximum Gasteiger partial charge on any atom is 0.252 e. The predicted octanol–water partition coefficient (Wildman–Crippen LogP) is 18.9. The SMILES string of the molecule is CC(C)(C)c1ccc(N2c3cc(-c4ccccc4)cc4c3B(c3cc5c(cc3N4c3ccc4oc6ccccc6c4c3)C(C)(C)CCC5(C)C)c3ccc4oc5cc6c(cc5c4c32)C(C)(C)CCC6(C)C)c(-c2ccccc2)c1. The van der Waals surface area contributed by atoms with Gasteiger partial charge in [0.25, 0.3) is 6.71 Å². The van der Waals surface area contributed by atoms with Crippen LogP contribution in [-0.2, 0) is 27.1 Å². The fourth-order valence-electron chi connectivity index (χ4n) is 14.7. The smallest absolute Gasteiger partial charge is 0.252 e. The number of rotatable bonds is 4. The minimum Gasteiger partial charge on any atom is -0.456 e. The molecule has 0 unspecified atom stereocenters. The monoisotopic (exact) mass is 1030 g/mol. The van der Waals surface area contributed by atoms with E-state index in [0.717, 1.165) is 70.2 Å². The topological polar surface area (TPSA) is 32.8 Å². The summed E-state index contributed by atoms with van der Waals surface area (Å²) in [4.78, 5) is 5.31. The molecule has 4 aliphatic rings. The average Bonchev–Trinajstić information content (AvgIpc) is 2.50. The van der Waals surface area contributed by atoms with Crippen molar-refractivity contribution in [2.45, 2.75) is 129 Å². The van der Waals surface area contributed by atoms with Crippen LogP contribution in [0.15, 0.2) is 179 Å². The fourth-order valence-corrected chi connectivity index (χ4v) is 14.7. The lowest BCUT2D eigenvalue weighted by Gasteiger charge is -2.47. The van der Waals surface area contributed by atoms with Gasteiger partial charge in [0.2, 0.25) is 0 Å². The van der Waals surface area contributed by atoms with Gasteiger partial charge in [0, 0.05) is 44.5 Å². The third kappa shape index (κ3) is 7.13. The number of nitrogens with zero attached hydrogens (tertiary/aromatic N) is 2. The molecule has 9 aromatic carbocycles. The van der Waals surface area contributed by atoms with E-state index in [4.69, 9.17) is 8.83 Å². The molecule has 0 amide bonds. The lowest BCUT2D eigenvalue weighted by atomic mass is 9.33. The van der Waals surface area contributed by atoms with E-state index < -0.39 is 0 Å².